The zero-order chi connectivity index (χ0) is 19.9. The number of ether oxygens (including phenoxy) is 1. The molecule has 0 heterocycles. The lowest BCUT2D eigenvalue weighted by Gasteiger charge is -2.11. The second-order valence-corrected chi connectivity index (χ2v) is 6.09. The van der Waals surface area contributed by atoms with Gasteiger partial charge in [0, 0.05) is 11.4 Å². The molecule has 0 saturated heterocycles. The van der Waals surface area contributed by atoms with Crippen molar-refractivity contribution in [1.29, 1.82) is 0 Å². The number of hydrogen-bond donors (Lipinski definition) is 2. The van der Waals surface area contributed by atoms with Crippen LogP contribution in [0.2, 0.25) is 0 Å². The van der Waals surface area contributed by atoms with E-state index in [1.165, 1.54) is 19.2 Å². The topological polar surface area (TPSA) is 67.4 Å². The van der Waals surface area contributed by atoms with Crippen LogP contribution >= 0.6 is 0 Å². The molecule has 0 aromatic heterocycles. The summed E-state index contributed by atoms with van der Waals surface area (Å²) in [5.74, 6) is -0.947. The lowest BCUT2D eigenvalue weighted by molar-refractivity contribution is -0.115. The summed E-state index contributed by atoms with van der Waals surface area (Å²) in [6.45, 7) is 0. The van der Waals surface area contributed by atoms with Gasteiger partial charge in [0.2, 0.25) is 5.91 Å². The first-order chi connectivity index (χ1) is 13.5. The molecule has 0 radical (unpaired) electrons. The molecule has 3 aromatic rings. The SMILES string of the molecule is COC(=O)c1ccccc1Nc1ccc(NC(=O)Cc2ccc(F)cc2)cc1. The Morgan fingerprint density at radius 3 is 2.21 bits per heavy atom. The third-order valence-electron chi connectivity index (χ3n) is 4.06. The van der Waals surface area contributed by atoms with Crippen LogP contribution in [0.25, 0.3) is 0 Å². The van der Waals surface area contributed by atoms with Gasteiger partial charge in [0.15, 0.2) is 0 Å². The average molecular weight is 378 g/mol. The molecule has 0 aliphatic heterocycles. The lowest BCUT2D eigenvalue weighted by Crippen LogP contribution is -2.14. The first-order valence-corrected chi connectivity index (χ1v) is 8.64. The molecule has 0 saturated carbocycles. The fourth-order valence-corrected chi connectivity index (χ4v) is 2.67. The maximum Gasteiger partial charge on any atom is 0.339 e. The summed E-state index contributed by atoms with van der Waals surface area (Å²) in [6.07, 6.45) is 0.160. The highest BCUT2D eigenvalue weighted by Crippen LogP contribution is 2.23. The van der Waals surface area contributed by atoms with Gasteiger partial charge in [0.1, 0.15) is 5.82 Å². The third kappa shape index (κ3) is 4.94. The molecule has 6 heteroatoms. The van der Waals surface area contributed by atoms with Gasteiger partial charge in [-0.15, -0.1) is 0 Å². The zero-order valence-corrected chi connectivity index (χ0v) is 15.2. The normalized spacial score (nSPS) is 10.2. The number of anilines is 3. The van der Waals surface area contributed by atoms with E-state index in [0.717, 1.165) is 11.3 Å². The number of hydrogen-bond acceptors (Lipinski definition) is 4. The van der Waals surface area contributed by atoms with Crippen molar-refractivity contribution in [3.8, 4) is 0 Å². The van der Waals surface area contributed by atoms with E-state index < -0.39 is 5.97 Å². The number of para-hydroxylation sites is 1. The Bertz CT molecular complexity index is 970. The van der Waals surface area contributed by atoms with Crippen molar-refractivity contribution in [2.24, 2.45) is 0 Å². The fourth-order valence-electron chi connectivity index (χ4n) is 2.67. The monoisotopic (exact) mass is 378 g/mol. The van der Waals surface area contributed by atoms with Crippen LogP contribution in [0.5, 0.6) is 0 Å². The van der Waals surface area contributed by atoms with Gasteiger partial charge in [-0.1, -0.05) is 24.3 Å². The quantitative estimate of drug-likeness (QED) is 0.618. The number of halogens is 1. The van der Waals surface area contributed by atoms with E-state index in [2.05, 4.69) is 10.6 Å². The van der Waals surface area contributed by atoms with Crippen molar-refractivity contribution in [2.45, 2.75) is 6.42 Å². The van der Waals surface area contributed by atoms with Gasteiger partial charge in [0.25, 0.3) is 0 Å². The maximum absolute atomic E-state index is 12.9. The summed E-state index contributed by atoms with van der Waals surface area (Å²) in [7, 11) is 1.34. The van der Waals surface area contributed by atoms with Crippen molar-refractivity contribution < 1.29 is 18.7 Å². The summed E-state index contributed by atoms with van der Waals surface area (Å²) in [5, 5.41) is 5.96. The number of esters is 1. The van der Waals surface area contributed by atoms with Crippen LogP contribution in [0.4, 0.5) is 21.5 Å². The van der Waals surface area contributed by atoms with Crippen LogP contribution in [-0.2, 0) is 16.0 Å². The smallest absolute Gasteiger partial charge is 0.339 e. The first kappa shape index (κ1) is 19.1. The lowest BCUT2D eigenvalue weighted by atomic mass is 10.1. The average Bonchev–Trinajstić information content (AvgIpc) is 2.71. The maximum atomic E-state index is 12.9. The van der Waals surface area contributed by atoms with Crippen LogP contribution < -0.4 is 10.6 Å². The third-order valence-corrected chi connectivity index (χ3v) is 4.06. The van der Waals surface area contributed by atoms with Gasteiger partial charge in [-0.3, -0.25) is 4.79 Å². The van der Waals surface area contributed by atoms with Gasteiger partial charge in [0.05, 0.1) is 24.8 Å². The minimum absolute atomic E-state index is 0.160. The van der Waals surface area contributed by atoms with E-state index >= 15 is 0 Å². The van der Waals surface area contributed by atoms with Crippen LogP contribution in [0.15, 0.2) is 72.8 Å². The Kier molecular flexibility index (Phi) is 6.01. The second kappa shape index (κ2) is 8.81. The Balaban J connectivity index is 1.63. The van der Waals surface area contributed by atoms with Crippen LogP contribution in [-0.4, -0.2) is 19.0 Å². The largest absolute Gasteiger partial charge is 0.465 e. The molecular weight excluding hydrogens is 359 g/mol. The molecule has 0 bridgehead atoms. The second-order valence-electron chi connectivity index (χ2n) is 6.09. The molecule has 142 valence electrons. The van der Waals surface area contributed by atoms with Crippen molar-refractivity contribution in [3.05, 3.63) is 89.7 Å². The summed E-state index contributed by atoms with van der Waals surface area (Å²) >= 11 is 0. The molecule has 0 unspecified atom stereocenters. The molecule has 0 spiro atoms. The van der Waals surface area contributed by atoms with Crippen molar-refractivity contribution in [1.82, 2.24) is 0 Å². The first-order valence-electron chi connectivity index (χ1n) is 8.64. The molecule has 0 aliphatic rings. The molecule has 0 aliphatic carbocycles. The van der Waals surface area contributed by atoms with Gasteiger partial charge < -0.3 is 15.4 Å². The molecule has 3 rings (SSSR count). The predicted molar refractivity (Wildman–Crippen MR) is 106 cm³/mol. The zero-order valence-electron chi connectivity index (χ0n) is 15.2. The molecule has 0 atom stereocenters. The van der Waals surface area contributed by atoms with Crippen LogP contribution in [0, 0.1) is 5.82 Å². The number of rotatable bonds is 6. The number of benzene rings is 3. The summed E-state index contributed by atoms with van der Waals surface area (Å²) in [4.78, 5) is 24.0. The van der Waals surface area contributed by atoms with Crippen molar-refractivity contribution >= 4 is 28.9 Å². The molecule has 1 amide bonds. The summed E-state index contributed by atoms with van der Waals surface area (Å²) in [6, 6.07) is 20.0. The highest BCUT2D eigenvalue weighted by Gasteiger charge is 2.11. The summed E-state index contributed by atoms with van der Waals surface area (Å²) in [5.41, 5.74) is 3.19. The Morgan fingerprint density at radius 1 is 0.893 bits per heavy atom. The number of nitrogens with one attached hydrogen (secondary N) is 2. The van der Waals surface area contributed by atoms with E-state index in [-0.39, 0.29) is 18.1 Å². The number of amides is 1. The molecule has 2 N–H and O–H groups in total. The summed E-state index contributed by atoms with van der Waals surface area (Å²) < 4.78 is 17.7. The Morgan fingerprint density at radius 2 is 1.54 bits per heavy atom. The highest BCUT2D eigenvalue weighted by atomic mass is 19.1. The van der Waals surface area contributed by atoms with Crippen LogP contribution in [0.1, 0.15) is 15.9 Å². The Labute approximate surface area is 162 Å². The standard InChI is InChI=1S/C22H19FN2O3/c1-28-22(27)19-4-2-3-5-20(19)24-17-10-12-18(13-11-17)25-21(26)14-15-6-8-16(23)9-7-15/h2-13,24H,14H2,1H3,(H,25,26). The Hall–Kier alpha value is -3.67. The van der Waals surface area contributed by atoms with E-state index in [1.54, 1.807) is 54.6 Å². The molecule has 28 heavy (non-hydrogen) atoms. The van der Waals surface area contributed by atoms with Crippen LogP contribution in [0.3, 0.4) is 0 Å². The number of methoxy groups -OCH3 is 1. The number of carbonyl (C=O) groups is 2. The fraction of sp³-hybridized carbons (Fsp3) is 0.0909. The molecule has 3 aromatic carbocycles. The predicted octanol–water partition coefficient (Wildman–Crippen LogP) is 4.54. The highest BCUT2D eigenvalue weighted by molar-refractivity contribution is 5.96. The van der Waals surface area contributed by atoms with Gasteiger partial charge >= 0.3 is 5.97 Å². The molecule has 0 fully saturated rings. The molecular formula is C22H19FN2O3. The van der Waals surface area contributed by atoms with Crippen molar-refractivity contribution in [2.75, 3.05) is 17.7 Å². The van der Waals surface area contributed by atoms with Crippen molar-refractivity contribution in [3.63, 3.8) is 0 Å². The number of carbonyl (C=O) groups excluding carboxylic acids is 2. The van der Waals surface area contributed by atoms with E-state index in [4.69, 9.17) is 4.74 Å². The van der Waals surface area contributed by atoms with E-state index in [9.17, 15) is 14.0 Å². The van der Waals surface area contributed by atoms with Gasteiger partial charge in [-0.25, -0.2) is 9.18 Å². The minimum Gasteiger partial charge on any atom is -0.465 e. The van der Waals surface area contributed by atoms with Gasteiger partial charge in [-0.05, 0) is 54.1 Å². The van der Waals surface area contributed by atoms with E-state index in [0.29, 0.717) is 16.9 Å². The van der Waals surface area contributed by atoms with E-state index in [1.807, 2.05) is 6.07 Å². The molecule has 5 nitrogen and oxygen atoms in total. The van der Waals surface area contributed by atoms with Gasteiger partial charge in [-0.2, -0.15) is 0 Å². The minimum atomic E-state index is -0.423.